The van der Waals surface area contributed by atoms with Crippen molar-refractivity contribution in [1.29, 1.82) is 0 Å². The summed E-state index contributed by atoms with van der Waals surface area (Å²) in [5, 5.41) is 20.7. The van der Waals surface area contributed by atoms with Gasteiger partial charge in [0.15, 0.2) is 0 Å². The van der Waals surface area contributed by atoms with Crippen molar-refractivity contribution < 1.29 is 14.7 Å². The van der Waals surface area contributed by atoms with E-state index in [0.29, 0.717) is 37.2 Å². The molecule has 0 saturated heterocycles. The molecule has 0 aliphatic carbocycles. The molecule has 0 spiro atoms. The molecule has 0 fully saturated rings. The molecule has 9 heteroatoms. The van der Waals surface area contributed by atoms with Crippen LogP contribution in [0, 0.1) is 6.92 Å². The van der Waals surface area contributed by atoms with Crippen molar-refractivity contribution in [2.24, 2.45) is 0 Å². The number of carbonyl (C=O) groups is 2. The minimum absolute atomic E-state index is 0.0464. The second-order valence-corrected chi connectivity index (χ2v) is 14.1. The Labute approximate surface area is 277 Å². The van der Waals surface area contributed by atoms with E-state index in [0.717, 1.165) is 27.5 Å². The maximum atomic E-state index is 13.8. The molecule has 3 aromatic carbocycles. The van der Waals surface area contributed by atoms with Gasteiger partial charge in [-0.3, -0.25) is 9.59 Å². The monoisotopic (exact) mass is 641 g/mol. The molecular weight excluding hydrogens is 595 g/mol. The van der Waals surface area contributed by atoms with Gasteiger partial charge in [0.25, 0.3) is 11.8 Å². The lowest BCUT2D eigenvalue weighted by atomic mass is 9.86. The normalized spacial score (nSPS) is 12.8. The van der Waals surface area contributed by atoms with E-state index in [-0.39, 0.29) is 17.2 Å². The van der Waals surface area contributed by atoms with Gasteiger partial charge in [-0.2, -0.15) is 0 Å². The van der Waals surface area contributed by atoms with Crippen molar-refractivity contribution in [3.05, 3.63) is 117 Å². The number of nitrogens with one attached hydrogen (secondary N) is 2. The Kier molecular flexibility index (Phi) is 11.7. The third kappa shape index (κ3) is 9.72. The summed E-state index contributed by atoms with van der Waals surface area (Å²) in [7, 11) is 5.48. The molecule has 4 rings (SSSR count). The van der Waals surface area contributed by atoms with Gasteiger partial charge in [-0.05, 0) is 53.6 Å². The number of aliphatic hydroxyl groups is 1. The van der Waals surface area contributed by atoms with Crippen LogP contribution in [0.1, 0.15) is 68.9 Å². The van der Waals surface area contributed by atoms with E-state index in [1.807, 2.05) is 61.6 Å². The van der Waals surface area contributed by atoms with Gasteiger partial charge in [-0.1, -0.05) is 75.4 Å². The lowest BCUT2D eigenvalue weighted by Gasteiger charge is -2.26. The molecule has 0 saturated carbocycles. The molecule has 46 heavy (non-hydrogen) atoms. The first-order valence-electron chi connectivity index (χ1n) is 15.6. The fourth-order valence-electron chi connectivity index (χ4n) is 5.15. The van der Waals surface area contributed by atoms with Crippen LogP contribution in [0.25, 0.3) is 0 Å². The summed E-state index contributed by atoms with van der Waals surface area (Å²) in [5.41, 5.74) is 5.85. The zero-order chi connectivity index (χ0) is 33.4. The first-order chi connectivity index (χ1) is 21.8. The number of aliphatic hydroxyl groups excluding tert-OH is 1. The standard InChI is InChI=1S/C37H47N5O3S/c1-25-24-46-34(39-25)23-42(7)36(45)29-18-28(19-31(20-29)41(5)6)35(44)40-32(17-26-12-9-8-10-13-26)33(43)22-38-21-27-14-11-15-30(16-27)37(2,3)4/h8-16,18-20,24,32-33,38,43H,17,21-23H2,1-7H3,(H,40,44)/t32-,33+/m0/s1. The van der Waals surface area contributed by atoms with E-state index in [1.165, 1.54) is 16.9 Å². The maximum Gasteiger partial charge on any atom is 0.254 e. The van der Waals surface area contributed by atoms with Gasteiger partial charge in [0, 0.05) is 62.1 Å². The van der Waals surface area contributed by atoms with Crippen LogP contribution < -0.4 is 15.5 Å². The van der Waals surface area contributed by atoms with Crippen LogP contribution in [0.15, 0.2) is 78.2 Å². The number of carbonyl (C=O) groups excluding carboxylic acids is 2. The first kappa shape index (κ1) is 34.8. The Morgan fingerprint density at radius 2 is 1.63 bits per heavy atom. The quantitative estimate of drug-likeness (QED) is 0.176. The van der Waals surface area contributed by atoms with E-state index in [4.69, 9.17) is 0 Å². The topological polar surface area (TPSA) is 97.8 Å². The van der Waals surface area contributed by atoms with Crippen LogP contribution in [-0.2, 0) is 24.9 Å². The van der Waals surface area contributed by atoms with Gasteiger partial charge in [-0.15, -0.1) is 11.3 Å². The van der Waals surface area contributed by atoms with E-state index >= 15 is 0 Å². The molecule has 0 unspecified atom stereocenters. The Balaban J connectivity index is 1.51. The molecule has 0 radical (unpaired) electrons. The molecule has 0 aliphatic rings. The van der Waals surface area contributed by atoms with Gasteiger partial charge in [0.2, 0.25) is 0 Å². The van der Waals surface area contributed by atoms with Crippen molar-refractivity contribution in [1.82, 2.24) is 20.5 Å². The van der Waals surface area contributed by atoms with Gasteiger partial charge < -0.3 is 25.5 Å². The maximum absolute atomic E-state index is 13.8. The van der Waals surface area contributed by atoms with Crippen LogP contribution in [0.3, 0.4) is 0 Å². The van der Waals surface area contributed by atoms with Crippen molar-refractivity contribution in [2.45, 2.75) is 64.8 Å². The second-order valence-electron chi connectivity index (χ2n) is 13.1. The Morgan fingerprint density at radius 1 is 0.935 bits per heavy atom. The summed E-state index contributed by atoms with van der Waals surface area (Å²) in [6, 6.07) is 22.9. The Bertz CT molecular complexity index is 1610. The highest BCUT2D eigenvalue weighted by Crippen LogP contribution is 2.23. The molecule has 4 aromatic rings. The molecule has 0 aliphatic heterocycles. The predicted molar refractivity (Wildman–Crippen MR) is 188 cm³/mol. The first-order valence-corrected chi connectivity index (χ1v) is 16.5. The van der Waals surface area contributed by atoms with Crippen LogP contribution >= 0.6 is 11.3 Å². The molecule has 0 bridgehead atoms. The number of anilines is 1. The fraction of sp³-hybridized carbons (Fsp3) is 0.378. The van der Waals surface area contributed by atoms with Crippen LogP contribution in [0.4, 0.5) is 5.69 Å². The number of amides is 2. The number of rotatable bonds is 13. The molecule has 2 amide bonds. The highest BCUT2D eigenvalue weighted by molar-refractivity contribution is 7.09. The zero-order valence-electron chi connectivity index (χ0n) is 28.0. The Morgan fingerprint density at radius 3 is 2.28 bits per heavy atom. The molecular formula is C37H47N5O3S. The summed E-state index contributed by atoms with van der Waals surface area (Å²) in [4.78, 5) is 35.2. The van der Waals surface area contributed by atoms with E-state index in [9.17, 15) is 14.7 Å². The molecule has 1 heterocycles. The zero-order valence-corrected chi connectivity index (χ0v) is 28.8. The van der Waals surface area contributed by atoms with Crippen molar-refractivity contribution in [2.75, 3.05) is 32.6 Å². The van der Waals surface area contributed by atoms with Crippen LogP contribution in [0.5, 0.6) is 0 Å². The summed E-state index contributed by atoms with van der Waals surface area (Å²) in [5.74, 6) is -0.556. The molecule has 2 atom stereocenters. The van der Waals surface area contributed by atoms with Gasteiger partial charge in [0.1, 0.15) is 5.01 Å². The fourth-order valence-corrected chi connectivity index (χ4v) is 5.98. The molecule has 3 N–H and O–H groups in total. The summed E-state index contributed by atoms with van der Waals surface area (Å²) >= 11 is 1.52. The number of hydrogen-bond acceptors (Lipinski definition) is 7. The minimum atomic E-state index is -0.860. The second kappa shape index (κ2) is 15.5. The van der Waals surface area contributed by atoms with Gasteiger partial charge >= 0.3 is 0 Å². The van der Waals surface area contributed by atoms with Gasteiger partial charge in [-0.25, -0.2) is 4.98 Å². The third-order valence-corrected chi connectivity index (χ3v) is 8.84. The lowest BCUT2D eigenvalue weighted by molar-refractivity contribution is 0.0784. The van der Waals surface area contributed by atoms with Crippen LogP contribution in [-0.4, -0.2) is 66.6 Å². The minimum Gasteiger partial charge on any atom is -0.390 e. The number of nitrogens with zero attached hydrogens (tertiary/aromatic N) is 3. The largest absolute Gasteiger partial charge is 0.390 e. The number of hydrogen-bond donors (Lipinski definition) is 3. The Hall–Kier alpha value is -4.05. The molecule has 244 valence electrons. The molecule has 8 nitrogen and oxygen atoms in total. The number of benzene rings is 3. The van der Waals surface area contributed by atoms with E-state index < -0.39 is 12.1 Å². The number of aromatic nitrogens is 1. The van der Waals surface area contributed by atoms with Crippen molar-refractivity contribution >= 4 is 28.8 Å². The summed E-state index contributed by atoms with van der Waals surface area (Å²) < 4.78 is 0. The van der Waals surface area contributed by atoms with Crippen molar-refractivity contribution in [3.8, 4) is 0 Å². The van der Waals surface area contributed by atoms with Gasteiger partial charge in [0.05, 0.1) is 18.7 Å². The predicted octanol–water partition coefficient (Wildman–Crippen LogP) is 5.58. The number of thiazole rings is 1. The van der Waals surface area contributed by atoms with E-state index in [2.05, 4.69) is 60.7 Å². The SMILES string of the molecule is Cc1csc(CN(C)C(=O)c2cc(C(=O)N[C@@H](Cc3ccccc3)[C@H](O)CNCc3cccc(C(C)(C)C)c3)cc(N(C)C)c2)n1. The molecule has 1 aromatic heterocycles. The van der Waals surface area contributed by atoms with E-state index in [1.54, 1.807) is 30.1 Å². The number of aryl methyl sites for hydroxylation is 1. The lowest BCUT2D eigenvalue weighted by Crippen LogP contribution is -2.48. The van der Waals surface area contributed by atoms with Crippen molar-refractivity contribution in [3.63, 3.8) is 0 Å². The average molecular weight is 642 g/mol. The highest BCUT2D eigenvalue weighted by Gasteiger charge is 2.24. The van der Waals surface area contributed by atoms with Crippen LogP contribution in [0.2, 0.25) is 0 Å². The highest BCUT2D eigenvalue weighted by atomic mass is 32.1. The summed E-state index contributed by atoms with van der Waals surface area (Å²) in [6.07, 6.45) is -0.412. The summed E-state index contributed by atoms with van der Waals surface area (Å²) in [6.45, 7) is 9.76. The smallest absolute Gasteiger partial charge is 0.254 e. The average Bonchev–Trinajstić information content (AvgIpc) is 3.44. The third-order valence-electron chi connectivity index (χ3n) is 7.88.